The van der Waals surface area contributed by atoms with E-state index >= 15 is 0 Å². The number of carbonyl (C=O) groups is 2. The molecule has 2 aliphatic rings. The zero-order valence-electron chi connectivity index (χ0n) is 17.1. The van der Waals surface area contributed by atoms with Crippen LogP contribution in [0.1, 0.15) is 42.5 Å². The number of imidazole rings is 1. The van der Waals surface area contributed by atoms with Gasteiger partial charge >= 0.3 is 6.03 Å². The van der Waals surface area contributed by atoms with Gasteiger partial charge in [0.05, 0.1) is 18.4 Å². The summed E-state index contributed by atoms with van der Waals surface area (Å²) in [4.78, 5) is 28.9. The van der Waals surface area contributed by atoms with Crippen molar-refractivity contribution in [2.24, 2.45) is 5.92 Å². The highest BCUT2D eigenvalue weighted by molar-refractivity contribution is 5.94. The summed E-state index contributed by atoms with van der Waals surface area (Å²) < 4.78 is 2.07. The fourth-order valence-electron chi connectivity index (χ4n) is 4.24. The summed E-state index contributed by atoms with van der Waals surface area (Å²) in [5.41, 5.74) is 3.81. The van der Waals surface area contributed by atoms with Crippen LogP contribution >= 0.6 is 0 Å². The third-order valence-corrected chi connectivity index (χ3v) is 6.04. The van der Waals surface area contributed by atoms with E-state index in [1.165, 1.54) is 5.56 Å². The molecule has 1 aromatic heterocycles. The van der Waals surface area contributed by atoms with E-state index in [-0.39, 0.29) is 29.9 Å². The van der Waals surface area contributed by atoms with Crippen LogP contribution in [0.3, 0.4) is 0 Å². The molecule has 5 rings (SSSR count). The van der Waals surface area contributed by atoms with Crippen molar-refractivity contribution >= 4 is 23.3 Å². The molecule has 0 radical (unpaired) electrons. The highest BCUT2D eigenvalue weighted by Crippen LogP contribution is 2.37. The standard InChI is InChI=1S/C24H25N5O2/c30-23(17-5-6-17)26-18-8-10-19(11-9-18)27-24(31)28-22-20-4-2-1-3-16(20)7-12-21(22)29-14-13-25-15-29/h1-4,8-11,13-15,17,21-22H,5-7,12H2,(H,26,30)(H2,27,28,31)/t21-,22+/m0/s1. The summed E-state index contributed by atoms with van der Waals surface area (Å²) in [5, 5.41) is 8.98. The van der Waals surface area contributed by atoms with Gasteiger partial charge in [-0.3, -0.25) is 4.79 Å². The van der Waals surface area contributed by atoms with E-state index in [0.29, 0.717) is 5.69 Å². The van der Waals surface area contributed by atoms with Gasteiger partial charge in [0.2, 0.25) is 5.91 Å². The average molecular weight is 415 g/mol. The first-order valence-corrected chi connectivity index (χ1v) is 10.7. The molecule has 158 valence electrons. The molecule has 0 bridgehead atoms. The molecule has 2 atom stereocenters. The Hall–Kier alpha value is -3.61. The molecule has 31 heavy (non-hydrogen) atoms. The predicted molar refractivity (Wildman–Crippen MR) is 119 cm³/mol. The molecule has 2 aromatic carbocycles. The molecule has 1 saturated carbocycles. The van der Waals surface area contributed by atoms with E-state index in [4.69, 9.17) is 0 Å². The maximum Gasteiger partial charge on any atom is 0.319 e. The lowest BCUT2D eigenvalue weighted by Crippen LogP contribution is -2.39. The Morgan fingerprint density at radius 1 is 0.935 bits per heavy atom. The second-order valence-electron chi connectivity index (χ2n) is 8.23. The fraction of sp³-hybridized carbons (Fsp3) is 0.292. The van der Waals surface area contributed by atoms with E-state index in [1.54, 1.807) is 36.8 Å². The summed E-state index contributed by atoms with van der Waals surface area (Å²) in [6.45, 7) is 0. The molecule has 0 aliphatic heterocycles. The maximum atomic E-state index is 12.8. The Morgan fingerprint density at radius 3 is 2.39 bits per heavy atom. The summed E-state index contributed by atoms with van der Waals surface area (Å²) in [5.74, 6) is 0.227. The number of nitrogens with one attached hydrogen (secondary N) is 3. The van der Waals surface area contributed by atoms with Crippen molar-refractivity contribution in [2.75, 3.05) is 10.6 Å². The molecule has 3 aromatic rings. The van der Waals surface area contributed by atoms with Crippen molar-refractivity contribution in [1.82, 2.24) is 14.9 Å². The van der Waals surface area contributed by atoms with Gasteiger partial charge in [-0.15, -0.1) is 0 Å². The number of benzene rings is 2. The molecule has 3 N–H and O–H groups in total. The predicted octanol–water partition coefficient (Wildman–Crippen LogP) is 4.28. The lowest BCUT2D eigenvalue weighted by molar-refractivity contribution is -0.117. The highest BCUT2D eigenvalue weighted by Gasteiger charge is 2.32. The number of hydrogen-bond acceptors (Lipinski definition) is 3. The van der Waals surface area contributed by atoms with Crippen LogP contribution in [0.4, 0.5) is 16.2 Å². The molecule has 0 saturated heterocycles. The normalized spacial score (nSPS) is 19.9. The Kier molecular flexibility index (Phi) is 5.16. The molecular weight excluding hydrogens is 390 g/mol. The van der Waals surface area contributed by atoms with Crippen LogP contribution in [0.25, 0.3) is 0 Å². The molecule has 7 nitrogen and oxygen atoms in total. The van der Waals surface area contributed by atoms with Gasteiger partial charge < -0.3 is 20.5 Å². The van der Waals surface area contributed by atoms with E-state index in [1.807, 2.05) is 18.3 Å². The topological polar surface area (TPSA) is 88.0 Å². The van der Waals surface area contributed by atoms with Crippen LogP contribution in [-0.2, 0) is 11.2 Å². The van der Waals surface area contributed by atoms with Crippen molar-refractivity contribution in [3.8, 4) is 0 Å². The third kappa shape index (κ3) is 4.30. The van der Waals surface area contributed by atoms with E-state index < -0.39 is 0 Å². The number of rotatable bonds is 5. The number of anilines is 2. The molecular formula is C24H25N5O2. The van der Waals surface area contributed by atoms with Crippen LogP contribution in [0, 0.1) is 5.92 Å². The zero-order valence-corrected chi connectivity index (χ0v) is 17.1. The van der Waals surface area contributed by atoms with Gasteiger partial charge in [0.25, 0.3) is 0 Å². The second kappa shape index (κ2) is 8.26. The summed E-state index contributed by atoms with van der Waals surface area (Å²) in [6.07, 6.45) is 9.34. The summed E-state index contributed by atoms with van der Waals surface area (Å²) in [7, 11) is 0. The van der Waals surface area contributed by atoms with Crippen molar-refractivity contribution < 1.29 is 9.59 Å². The Bertz CT molecular complexity index is 1070. The number of hydrogen-bond donors (Lipinski definition) is 3. The van der Waals surface area contributed by atoms with Crippen molar-refractivity contribution in [3.63, 3.8) is 0 Å². The average Bonchev–Trinajstić information content (AvgIpc) is 3.50. The molecule has 3 amide bonds. The van der Waals surface area contributed by atoms with E-state index in [0.717, 1.165) is 36.9 Å². The number of aromatic nitrogens is 2. The van der Waals surface area contributed by atoms with Gasteiger partial charge in [0.15, 0.2) is 0 Å². The van der Waals surface area contributed by atoms with E-state index in [9.17, 15) is 9.59 Å². The lowest BCUT2D eigenvalue weighted by Gasteiger charge is -2.35. The molecule has 2 aliphatic carbocycles. The Balaban J connectivity index is 1.28. The van der Waals surface area contributed by atoms with Crippen LogP contribution in [-0.4, -0.2) is 21.5 Å². The first-order valence-electron chi connectivity index (χ1n) is 10.7. The van der Waals surface area contributed by atoms with E-state index in [2.05, 4.69) is 37.6 Å². The number of urea groups is 1. The van der Waals surface area contributed by atoms with Crippen molar-refractivity contribution in [1.29, 1.82) is 0 Å². The minimum Gasteiger partial charge on any atom is -0.332 e. The SMILES string of the molecule is O=C(Nc1ccc(NC(=O)C2CC2)cc1)N[C@@H]1c2ccccc2CC[C@@H]1n1ccnc1. The summed E-state index contributed by atoms with van der Waals surface area (Å²) in [6, 6.07) is 15.1. The van der Waals surface area contributed by atoms with Gasteiger partial charge in [-0.05, 0) is 61.1 Å². The Labute approximate surface area is 180 Å². The van der Waals surface area contributed by atoms with Crippen molar-refractivity contribution in [3.05, 3.63) is 78.4 Å². The van der Waals surface area contributed by atoms with Gasteiger partial charge in [0.1, 0.15) is 0 Å². The Morgan fingerprint density at radius 2 is 1.68 bits per heavy atom. The van der Waals surface area contributed by atoms with Gasteiger partial charge in [0, 0.05) is 29.7 Å². The maximum absolute atomic E-state index is 12.8. The van der Waals surface area contributed by atoms with Crippen molar-refractivity contribution in [2.45, 2.75) is 37.8 Å². The largest absolute Gasteiger partial charge is 0.332 e. The first kappa shape index (κ1) is 19.4. The smallest absolute Gasteiger partial charge is 0.319 e. The van der Waals surface area contributed by atoms with Crippen LogP contribution in [0.5, 0.6) is 0 Å². The number of aryl methyl sites for hydroxylation is 1. The van der Waals surface area contributed by atoms with Gasteiger partial charge in [-0.1, -0.05) is 24.3 Å². The van der Waals surface area contributed by atoms with Crippen LogP contribution < -0.4 is 16.0 Å². The molecule has 1 heterocycles. The second-order valence-corrected chi connectivity index (χ2v) is 8.23. The number of amides is 3. The zero-order chi connectivity index (χ0) is 21.2. The minimum atomic E-state index is -0.262. The minimum absolute atomic E-state index is 0.0694. The fourth-order valence-corrected chi connectivity index (χ4v) is 4.24. The number of fused-ring (bicyclic) bond motifs is 1. The van der Waals surface area contributed by atoms with Crippen LogP contribution in [0.2, 0.25) is 0 Å². The highest BCUT2D eigenvalue weighted by atomic mass is 16.2. The quantitative estimate of drug-likeness (QED) is 0.581. The monoisotopic (exact) mass is 415 g/mol. The number of carbonyl (C=O) groups excluding carboxylic acids is 2. The molecule has 0 spiro atoms. The first-order chi connectivity index (χ1) is 15.2. The third-order valence-electron chi connectivity index (χ3n) is 6.04. The van der Waals surface area contributed by atoms with Gasteiger partial charge in [-0.25, -0.2) is 9.78 Å². The van der Waals surface area contributed by atoms with Crippen LogP contribution in [0.15, 0.2) is 67.3 Å². The molecule has 1 fully saturated rings. The lowest BCUT2D eigenvalue weighted by atomic mass is 9.84. The molecule has 7 heteroatoms. The van der Waals surface area contributed by atoms with Gasteiger partial charge in [-0.2, -0.15) is 0 Å². The summed E-state index contributed by atoms with van der Waals surface area (Å²) >= 11 is 0. The number of nitrogens with zero attached hydrogens (tertiary/aromatic N) is 2. The molecule has 0 unspecified atom stereocenters.